The second-order valence-corrected chi connectivity index (χ2v) is 7.59. The van der Waals surface area contributed by atoms with Crippen LogP contribution in [-0.2, 0) is 22.7 Å². The molecule has 1 aliphatic heterocycles. The highest BCUT2D eigenvalue weighted by molar-refractivity contribution is 9.10. The standard InChI is InChI=1S/C18H20BrN3O2.C2H2O4/c19-17-7-5-15(6-8-17)13-20-9-11-21(12-10-20)14-16-3-1-2-4-18(16)22(23)24;3-1(4)2(5)6/h1-8H,9-14H2;(H,3,4)(H,5,6). The molecule has 0 atom stereocenters. The number of hydrogen-bond acceptors (Lipinski definition) is 6. The fourth-order valence-electron chi connectivity index (χ4n) is 3.02. The molecule has 10 heteroatoms. The maximum absolute atomic E-state index is 11.1. The van der Waals surface area contributed by atoms with Crippen molar-refractivity contribution in [3.05, 3.63) is 74.2 Å². The largest absolute Gasteiger partial charge is 0.473 e. The Bertz CT molecular complexity index is 870. The van der Waals surface area contributed by atoms with Gasteiger partial charge >= 0.3 is 11.9 Å². The third-order valence-corrected chi connectivity index (χ3v) is 5.08. The number of nitro groups is 1. The van der Waals surface area contributed by atoms with E-state index in [0.717, 1.165) is 42.8 Å². The third kappa shape index (κ3) is 7.54. The Morgan fingerprint density at radius 2 is 1.40 bits per heavy atom. The summed E-state index contributed by atoms with van der Waals surface area (Å²) in [7, 11) is 0. The van der Waals surface area contributed by atoms with Crippen LogP contribution in [0.25, 0.3) is 0 Å². The number of rotatable bonds is 5. The Kier molecular flexibility index (Phi) is 8.90. The number of para-hydroxylation sites is 1. The van der Waals surface area contributed by atoms with Crippen LogP contribution in [0.2, 0.25) is 0 Å². The number of piperazine rings is 1. The molecule has 2 aromatic carbocycles. The summed E-state index contributed by atoms with van der Waals surface area (Å²) in [5.74, 6) is -3.65. The molecule has 9 nitrogen and oxygen atoms in total. The van der Waals surface area contributed by atoms with Gasteiger partial charge in [-0.2, -0.15) is 0 Å². The number of halogens is 1. The minimum Gasteiger partial charge on any atom is -0.473 e. The smallest absolute Gasteiger partial charge is 0.414 e. The predicted octanol–water partition coefficient (Wildman–Crippen LogP) is 2.83. The highest BCUT2D eigenvalue weighted by atomic mass is 79.9. The number of aliphatic carboxylic acids is 2. The van der Waals surface area contributed by atoms with E-state index in [1.807, 2.05) is 12.1 Å². The Morgan fingerprint density at radius 3 is 1.90 bits per heavy atom. The van der Waals surface area contributed by atoms with E-state index < -0.39 is 11.9 Å². The van der Waals surface area contributed by atoms with Gasteiger partial charge in [-0.3, -0.25) is 19.9 Å². The van der Waals surface area contributed by atoms with Crippen molar-refractivity contribution in [3.8, 4) is 0 Å². The van der Waals surface area contributed by atoms with Crippen molar-refractivity contribution in [1.82, 2.24) is 9.80 Å². The van der Waals surface area contributed by atoms with Gasteiger partial charge in [0.15, 0.2) is 0 Å². The first kappa shape index (κ1) is 23.5. The highest BCUT2D eigenvalue weighted by Crippen LogP contribution is 2.20. The van der Waals surface area contributed by atoms with E-state index in [4.69, 9.17) is 19.8 Å². The Labute approximate surface area is 181 Å². The third-order valence-electron chi connectivity index (χ3n) is 4.55. The van der Waals surface area contributed by atoms with Gasteiger partial charge in [0.1, 0.15) is 0 Å². The molecule has 1 saturated heterocycles. The van der Waals surface area contributed by atoms with Gasteiger partial charge in [-0.25, -0.2) is 9.59 Å². The number of carboxylic acid groups (broad SMARTS) is 2. The minimum atomic E-state index is -1.82. The van der Waals surface area contributed by atoms with Crippen molar-refractivity contribution < 1.29 is 24.7 Å². The molecule has 0 amide bonds. The van der Waals surface area contributed by atoms with E-state index >= 15 is 0 Å². The number of nitrogens with zero attached hydrogens (tertiary/aromatic N) is 3. The first-order chi connectivity index (χ1) is 14.3. The second-order valence-electron chi connectivity index (χ2n) is 6.67. The lowest BCUT2D eigenvalue weighted by atomic mass is 10.1. The van der Waals surface area contributed by atoms with Crippen molar-refractivity contribution >= 4 is 33.6 Å². The normalized spacial score (nSPS) is 14.4. The molecule has 1 aliphatic rings. The summed E-state index contributed by atoms with van der Waals surface area (Å²) in [4.78, 5) is 33.7. The van der Waals surface area contributed by atoms with Crippen molar-refractivity contribution in [2.45, 2.75) is 13.1 Å². The average molecular weight is 480 g/mol. The molecule has 160 valence electrons. The predicted molar refractivity (Wildman–Crippen MR) is 113 cm³/mol. The summed E-state index contributed by atoms with van der Waals surface area (Å²) >= 11 is 3.46. The van der Waals surface area contributed by atoms with E-state index in [9.17, 15) is 10.1 Å². The molecule has 1 heterocycles. The first-order valence-corrected chi connectivity index (χ1v) is 9.93. The highest BCUT2D eigenvalue weighted by Gasteiger charge is 2.20. The molecule has 1 fully saturated rings. The van der Waals surface area contributed by atoms with Gasteiger partial charge < -0.3 is 10.2 Å². The van der Waals surface area contributed by atoms with Crippen LogP contribution >= 0.6 is 15.9 Å². The molecule has 0 radical (unpaired) electrons. The van der Waals surface area contributed by atoms with Crippen LogP contribution < -0.4 is 0 Å². The molecule has 30 heavy (non-hydrogen) atoms. The van der Waals surface area contributed by atoms with Crippen molar-refractivity contribution in [1.29, 1.82) is 0 Å². The van der Waals surface area contributed by atoms with E-state index in [1.54, 1.807) is 12.1 Å². The van der Waals surface area contributed by atoms with Gasteiger partial charge in [0.25, 0.3) is 5.69 Å². The zero-order valence-electron chi connectivity index (χ0n) is 16.1. The Morgan fingerprint density at radius 1 is 0.900 bits per heavy atom. The molecule has 0 bridgehead atoms. The van der Waals surface area contributed by atoms with Crippen LogP contribution in [0.5, 0.6) is 0 Å². The maximum atomic E-state index is 11.1. The molecule has 3 rings (SSSR count). The van der Waals surface area contributed by atoms with Gasteiger partial charge in [-0.1, -0.05) is 46.3 Å². The van der Waals surface area contributed by atoms with Gasteiger partial charge in [0.2, 0.25) is 0 Å². The van der Waals surface area contributed by atoms with Crippen LogP contribution in [0.15, 0.2) is 53.0 Å². The molecule has 0 unspecified atom stereocenters. The number of nitro benzene ring substituents is 1. The lowest BCUT2D eigenvalue weighted by Gasteiger charge is -2.34. The van der Waals surface area contributed by atoms with Gasteiger partial charge in [0.05, 0.1) is 4.92 Å². The van der Waals surface area contributed by atoms with E-state index in [-0.39, 0.29) is 10.6 Å². The second kappa shape index (κ2) is 11.4. The quantitative estimate of drug-likeness (QED) is 0.381. The Hall–Kier alpha value is -2.82. The molecular weight excluding hydrogens is 458 g/mol. The summed E-state index contributed by atoms with van der Waals surface area (Å²) < 4.78 is 1.10. The number of hydrogen-bond donors (Lipinski definition) is 2. The number of carbonyl (C=O) groups is 2. The van der Waals surface area contributed by atoms with Crippen LogP contribution in [0, 0.1) is 10.1 Å². The lowest BCUT2D eigenvalue weighted by Crippen LogP contribution is -2.45. The topological polar surface area (TPSA) is 124 Å². The molecule has 0 aromatic heterocycles. The van der Waals surface area contributed by atoms with Gasteiger partial charge in [-0.05, 0) is 17.7 Å². The fourth-order valence-corrected chi connectivity index (χ4v) is 3.28. The van der Waals surface area contributed by atoms with E-state index in [2.05, 4.69) is 50.0 Å². The van der Waals surface area contributed by atoms with Gasteiger partial charge in [-0.15, -0.1) is 0 Å². The first-order valence-electron chi connectivity index (χ1n) is 9.14. The van der Waals surface area contributed by atoms with Crippen molar-refractivity contribution in [2.75, 3.05) is 26.2 Å². The molecule has 0 saturated carbocycles. The molecule has 0 aliphatic carbocycles. The molecule has 0 spiro atoms. The summed E-state index contributed by atoms with van der Waals surface area (Å²) in [6.45, 7) is 5.43. The lowest BCUT2D eigenvalue weighted by molar-refractivity contribution is -0.385. The van der Waals surface area contributed by atoms with Crippen molar-refractivity contribution in [3.63, 3.8) is 0 Å². The summed E-state index contributed by atoms with van der Waals surface area (Å²) in [6.07, 6.45) is 0. The van der Waals surface area contributed by atoms with Crippen LogP contribution in [0.1, 0.15) is 11.1 Å². The average Bonchev–Trinajstić information content (AvgIpc) is 2.72. The summed E-state index contributed by atoms with van der Waals surface area (Å²) in [6, 6.07) is 15.4. The van der Waals surface area contributed by atoms with Gasteiger partial charge in [0, 0.05) is 55.4 Å². The molecule has 2 aromatic rings. The maximum Gasteiger partial charge on any atom is 0.414 e. The van der Waals surface area contributed by atoms with Crippen LogP contribution in [0.4, 0.5) is 5.69 Å². The fraction of sp³-hybridized carbons (Fsp3) is 0.300. The zero-order chi connectivity index (χ0) is 22.1. The number of carboxylic acids is 2. The zero-order valence-corrected chi connectivity index (χ0v) is 17.7. The van der Waals surface area contributed by atoms with Crippen LogP contribution in [0.3, 0.4) is 0 Å². The Balaban J connectivity index is 0.000000469. The molecular formula is C20H22BrN3O6. The monoisotopic (exact) mass is 479 g/mol. The van der Waals surface area contributed by atoms with Crippen LogP contribution in [-0.4, -0.2) is 63.1 Å². The SMILES string of the molecule is O=C(O)C(=O)O.O=[N+]([O-])c1ccccc1CN1CCN(Cc2ccc(Br)cc2)CC1. The summed E-state index contributed by atoms with van der Waals surface area (Å²) in [5, 5.41) is 25.9. The van der Waals surface area contributed by atoms with Crippen molar-refractivity contribution in [2.24, 2.45) is 0 Å². The van der Waals surface area contributed by atoms with E-state index in [1.165, 1.54) is 5.56 Å². The molecule has 2 N–H and O–H groups in total. The minimum absolute atomic E-state index is 0.217. The summed E-state index contributed by atoms with van der Waals surface area (Å²) in [5.41, 5.74) is 2.32. The van der Waals surface area contributed by atoms with E-state index in [0.29, 0.717) is 6.54 Å². The number of benzene rings is 2.